The number of nitrogens with one attached hydrogen (secondary N) is 2. The number of anilines is 1. The Balaban J connectivity index is 1.47. The van der Waals surface area contributed by atoms with Crippen molar-refractivity contribution in [1.29, 1.82) is 0 Å². The van der Waals surface area contributed by atoms with Crippen molar-refractivity contribution in [2.75, 3.05) is 11.9 Å². The summed E-state index contributed by atoms with van der Waals surface area (Å²) in [4.78, 5) is 25.3. The zero-order chi connectivity index (χ0) is 20.0. The van der Waals surface area contributed by atoms with E-state index >= 15 is 0 Å². The van der Waals surface area contributed by atoms with E-state index in [0.29, 0.717) is 24.3 Å². The number of carbonyl (C=O) groups is 2. The summed E-state index contributed by atoms with van der Waals surface area (Å²) in [7, 11) is 0. The van der Waals surface area contributed by atoms with Gasteiger partial charge in [0.15, 0.2) is 0 Å². The Bertz CT molecular complexity index is 1150. The van der Waals surface area contributed by atoms with Crippen molar-refractivity contribution < 1.29 is 9.59 Å². The van der Waals surface area contributed by atoms with E-state index < -0.39 is 0 Å². The third kappa shape index (κ3) is 3.09. The molecule has 146 valence electrons. The highest BCUT2D eigenvalue weighted by atomic mass is 16.2. The van der Waals surface area contributed by atoms with Crippen molar-refractivity contribution >= 4 is 34.6 Å². The minimum Gasteiger partial charge on any atom is -0.345 e. The molecule has 3 aromatic rings. The van der Waals surface area contributed by atoms with Crippen molar-refractivity contribution in [3.63, 3.8) is 0 Å². The summed E-state index contributed by atoms with van der Waals surface area (Å²) in [5.74, 6) is -0.102. The van der Waals surface area contributed by atoms with Crippen LogP contribution >= 0.6 is 0 Å². The molecule has 0 unspecified atom stereocenters. The second-order valence-electron chi connectivity index (χ2n) is 7.53. The molecule has 4 N–H and O–H groups in total. The van der Waals surface area contributed by atoms with Gasteiger partial charge in [-0.2, -0.15) is 5.10 Å². The van der Waals surface area contributed by atoms with Gasteiger partial charge in [-0.05, 0) is 30.0 Å². The van der Waals surface area contributed by atoms with Crippen molar-refractivity contribution in [2.24, 2.45) is 16.8 Å². The summed E-state index contributed by atoms with van der Waals surface area (Å²) >= 11 is 0. The molecule has 1 aromatic heterocycles. The molecule has 0 saturated heterocycles. The number of nitrogens with zero attached hydrogens (tertiary/aromatic N) is 2. The van der Waals surface area contributed by atoms with Gasteiger partial charge in [0.25, 0.3) is 5.91 Å². The van der Waals surface area contributed by atoms with Gasteiger partial charge < -0.3 is 15.6 Å². The minimum atomic E-state index is -0.291. The van der Waals surface area contributed by atoms with Gasteiger partial charge in [0.05, 0.1) is 17.3 Å². The van der Waals surface area contributed by atoms with Gasteiger partial charge in [0.2, 0.25) is 5.91 Å². The zero-order valence-corrected chi connectivity index (χ0v) is 15.8. The molecule has 2 heterocycles. The largest absolute Gasteiger partial charge is 0.345 e. The molecule has 2 aliphatic rings. The lowest BCUT2D eigenvalue weighted by atomic mass is 10.0. The first kappa shape index (κ1) is 17.6. The van der Waals surface area contributed by atoms with Crippen LogP contribution in [0.2, 0.25) is 0 Å². The first-order valence-corrected chi connectivity index (χ1v) is 9.72. The summed E-state index contributed by atoms with van der Waals surface area (Å²) < 4.78 is 2.00. The lowest BCUT2D eigenvalue weighted by molar-refractivity contribution is -0.117. The van der Waals surface area contributed by atoms with E-state index in [1.54, 1.807) is 12.3 Å². The SMILES string of the molecule is NCCn1cc2c3c(cc(NC(=O)[C@@H]4C[C@H]4c4ccccc4)cc31)C(=O)NN=C2. The summed E-state index contributed by atoms with van der Waals surface area (Å²) in [6.45, 7) is 1.08. The van der Waals surface area contributed by atoms with Gasteiger partial charge in [-0.15, -0.1) is 0 Å². The van der Waals surface area contributed by atoms with Gasteiger partial charge in [-0.3, -0.25) is 9.59 Å². The molecule has 29 heavy (non-hydrogen) atoms. The van der Waals surface area contributed by atoms with Gasteiger partial charge in [-0.25, -0.2) is 5.43 Å². The molecule has 0 spiro atoms. The number of carbonyl (C=O) groups excluding carboxylic acids is 2. The zero-order valence-electron chi connectivity index (χ0n) is 15.8. The fourth-order valence-corrected chi connectivity index (χ4v) is 4.14. The number of hydrogen-bond acceptors (Lipinski definition) is 4. The van der Waals surface area contributed by atoms with Crippen LogP contribution in [0.5, 0.6) is 0 Å². The van der Waals surface area contributed by atoms with Crippen LogP contribution in [-0.2, 0) is 11.3 Å². The molecule has 0 bridgehead atoms. The van der Waals surface area contributed by atoms with Crippen molar-refractivity contribution in [3.8, 4) is 0 Å². The van der Waals surface area contributed by atoms with Gasteiger partial charge in [-0.1, -0.05) is 30.3 Å². The molecule has 1 aliphatic heterocycles. The average Bonchev–Trinajstić information content (AvgIpc) is 3.48. The van der Waals surface area contributed by atoms with Crippen LogP contribution in [0.4, 0.5) is 5.69 Å². The predicted molar refractivity (Wildman–Crippen MR) is 112 cm³/mol. The van der Waals surface area contributed by atoms with Gasteiger partial charge in [0, 0.05) is 41.8 Å². The van der Waals surface area contributed by atoms with Crippen molar-refractivity contribution in [3.05, 3.63) is 65.4 Å². The summed E-state index contributed by atoms with van der Waals surface area (Å²) in [5, 5.41) is 7.81. The molecule has 2 aromatic carbocycles. The molecule has 1 saturated carbocycles. The first-order valence-electron chi connectivity index (χ1n) is 9.72. The Labute approximate surface area is 167 Å². The second-order valence-corrected chi connectivity index (χ2v) is 7.53. The smallest absolute Gasteiger partial charge is 0.272 e. The number of benzene rings is 2. The maximum absolute atomic E-state index is 12.8. The molecule has 0 radical (unpaired) electrons. The van der Waals surface area contributed by atoms with Crippen LogP contribution in [0.15, 0.2) is 53.8 Å². The molecule has 7 nitrogen and oxygen atoms in total. The van der Waals surface area contributed by atoms with E-state index in [1.807, 2.05) is 35.0 Å². The number of hydrazone groups is 1. The molecular formula is C22H21N5O2. The van der Waals surface area contributed by atoms with Crippen molar-refractivity contribution in [1.82, 2.24) is 9.99 Å². The fraction of sp³-hybridized carbons (Fsp3) is 0.227. The summed E-state index contributed by atoms with van der Waals surface area (Å²) in [6.07, 6.45) is 4.41. The van der Waals surface area contributed by atoms with Gasteiger partial charge >= 0.3 is 0 Å². The number of aromatic nitrogens is 1. The Morgan fingerprint density at radius 1 is 1.28 bits per heavy atom. The normalized spacial score (nSPS) is 19.7. The van der Waals surface area contributed by atoms with Crippen LogP contribution in [-0.4, -0.2) is 29.1 Å². The second kappa shape index (κ2) is 6.86. The monoisotopic (exact) mass is 387 g/mol. The van der Waals surface area contributed by atoms with Crippen LogP contribution in [0, 0.1) is 5.92 Å². The topological polar surface area (TPSA) is 102 Å². The Hall–Kier alpha value is -3.45. The summed E-state index contributed by atoms with van der Waals surface area (Å²) in [5.41, 5.74) is 12.3. The number of amides is 2. The maximum atomic E-state index is 12.8. The Morgan fingerprint density at radius 3 is 2.90 bits per heavy atom. The maximum Gasteiger partial charge on any atom is 0.272 e. The standard InChI is InChI=1S/C22H21N5O2/c23-6-7-27-12-14-11-24-26-22(29)18-8-15(9-19(27)20(14)18)25-21(28)17-10-16(17)13-4-2-1-3-5-13/h1-5,8-9,11-12,16-17H,6-7,10,23H2,(H,25,28)(H,26,29)/t16-,17+/m0/s1. The lowest BCUT2D eigenvalue weighted by Crippen LogP contribution is -2.18. The van der Waals surface area contributed by atoms with E-state index in [9.17, 15) is 9.59 Å². The fourth-order valence-electron chi connectivity index (χ4n) is 4.14. The quantitative estimate of drug-likeness (QED) is 0.627. The third-order valence-electron chi connectivity index (χ3n) is 5.62. The van der Waals surface area contributed by atoms with E-state index in [1.165, 1.54) is 5.56 Å². The summed E-state index contributed by atoms with van der Waals surface area (Å²) in [6, 6.07) is 13.7. The molecule has 7 heteroatoms. The molecule has 1 fully saturated rings. The molecule has 1 aliphatic carbocycles. The van der Waals surface area contributed by atoms with E-state index in [4.69, 9.17) is 5.73 Å². The van der Waals surface area contributed by atoms with E-state index in [-0.39, 0.29) is 23.7 Å². The first-order chi connectivity index (χ1) is 14.2. The third-order valence-corrected chi connectivity index (χ3v) is 5.62. The molecular weight excluding hydrogens is 366 g/mol. The molecule has 5 rings (SSSR count). The minimum absolute atomic E-state index is 0.0205. The highest BCUT2D eigenvalue weighted by molar-refractivity contribution is 6.15. The van der Waals surface area contributed by atoms with Gasteiger partial charge in [0.1, 0.15) is 0 Å². The Kier molecular flexibility index (Phi) is 4.17. The van der Waals surface area contributed by atoms with Crippen molar-refractivity contribution in [2.45, 2.75) is 18.9 Å². The average molecular weight is 387 g/mol. The van der Waals surface area contributed by atoms with Crippen LogP contribution in [0.3, 0.4) is 0 Å². The number of rotatable bonds is 5. The molecule has 2 atom stereocenters. The van der Waals surface area contributed by atoms with E-state index in [2.05, 4.69) is 28.0 Å². The molecule has 2 amide bonds. The van der Waals surface area contributed by atoms with Crippen LogP contribution in [0.1, 0.15) is 33.8 Å². The predicted octanol–water partition coefficient (Wildman–Crippen LogP) is 2.42. The number of hydrogen-bond donors (Lipinski definition) is 3. The van der Waals surface area contributed by atoms with Crippen LogP contribution < -0.4 is 16.5 Å². The highest BCUT2D eigenvalue weighted by Gasteiger charge is 2.43. The van der Waals surface area contributed by atoms with Crippen LogP contribution in [0.25, 0.3) is 10.9 Å². The highest BCUT2D eigenvalue weighted by Crippen LogP contribution is 2.48. The Morgan fingerprint density at radius 2 is 2.10 bits per heavy atom. The lowest BCUT2D eigenvalue weighted by Gasteiger charge is -2.11. The number of nitrogens with two attached hydrogens (primary N) is 1. The van der Waals surface area contributed by atoms with E-state index in [0.717, 1.165) is 22.9 Å².